The highest BCUT2D eigenvalue weighted by molar-refractivity contribution is 7.80. The van der Waals surface area contributed by atoms with Crippen LogP contribution in [0.3, 0.4) is 0 Å². The predicted octanol–water partition coefficient (Wildman–Crippen LogP) is 7.32. The number of allylic oxidation sites excluding steroid dienone is 4. The fourth-order valence-corrected chi connectivity index (χ4v) is 10.8. The highest BCUT2D eigenvalue weighted by Crippen LogP contribution is 2.85. The molecule has 6 aliphatic rings. The van der Waals surface area contributed by atoms with Gasteiger partial charge < -0.3 is 0 Å². The molecule has 0 saturated heterocycles. The van der Waals surface area contributed by atoms with E-state index in [9.17, 15) is 0 Å². The van der Waals surface area contributed by atoms with Gasteiger partial charge in [0.25, 0.3) is 0 Å². The van der Waals surface area contributed by atoms with Gasteiger partial charge in [0.05, 0.1) is 0 Å². The van der Waals surface area contributed by atoms with Crippen LogP contribution >= 0.6 is 12.6 Å². The first kappa shape index (κ1) is 18.6. The molecule has 0 amide bonds. The number of hydrogen-bond acceptors (Lipinski definition) is 1. The Balaban J connectivity index is 1.51. The Labute approximate surface area is 178 Å². The number of fused-ring (bicyclic) bond motifs is 3. The van der Waals surface area contributed by atoms with Gasteiger partial charge in [-0.1, -0.05) is 52.2 Å². The van der Waals surface area contributed by atoms with Crippen LogP contribution in [0.2, 0.25) is 0 Å². The molecule has 6 aliphatic carbocycles. The molecule has 3 saturated carbocycles. The molecule has 0 radical (unpaired) electrons. The molecule has 0 aromatic rings. The summed E-state index contributed by atoms with van der Waals surface area (Å²) in [6.45, 7) is 10.2. The summed E-state index contributed by atoms with van der Waals surface area (Å²) in [5.74, 6) is 8.51. The van der Waals surface area contributed by atoms with Crippen molar-refractivity contribution in [1.29, 1.82) is 0 Å². The van der Waals surface area contributed by atoms with Gasteiger partial charge in [-0.2, -0.15) is 12.6 Å². The molecule has 0 aromatic carbocycles. The lowest BCUT2D eigenvalue weighted by Crippen LogP contribution is -2.61. The summed E-state index contributed by atoms with van der Waals surface area (Å²) in [6.07, 6.45) is 14.3. The van der Waals surface area contributed by atoms with Crippen molar-refractivity contribution in [2.75, 3.05) is 5.75 Å². The zero-order valence-electron chi connectivity index (χ0n) is 18.5. The quantitative estimate of drug-likeness (QED) is 0.473. The monoisotopic (exact) mass is 396 g/mol. The van der Waals surface area contributed by atoms with Crippen LogP contribution in [0.15, 0.2) is 22.8 Å². The number of rotatable bonds is 4. The summed E-state index contributed by atoms with van der Waals surface area (Å²) >= 11 is 5.09. The Hall–Kier alpha value is -0.170. The summed E-state index contributed by atoms with van der Waals surface area (Å²) < 4.78 is 0. The second-order valence-electron chi connectivity index (χ2n) is 11.9. The topological polar surface area (TPSA) is 0 Å². The Morgan fingerprint density at radius 2 is 2.04 bits per heavy atom. The highest BCUT2D eigenvalue weighted by Gasteiger charge is 2.80. The SMILES string of the molecule is CCC1CCC2C=C3C(=C(C1)C1CC4(CS)C(C(C)CC)C5CC3C5C14C)C2. The third-order valence-corrected chi connectivity index (χ3v) is 12.2. The summed E-state index contributed by atoms with van der Waals surface area (Å²) in [5.41, 5.74) is 6.82. The standard InChI is InChI=1S/C27H40S/c1-5-15(3)24-22-12-21-19-11-17-8-7-16(6-2)9-20(18(19)10-17)23-13-27(24,14-28)26(23,4)25(21)22/h11,15-17,21-25,28H,5-10,12-14H2,1-4H3. The van der Waals surface area contributed by atoms with E-state index >= 15 is 0 Å². The lowest BCUT2D eigenvalue weighted by molar-refractivity contribution is -0.136. The maximum Gasteiger partial charge on any atom is -0.00325 e. The van der Waals surface area contributed by atoms with E-state index in [2.05, 4.69) is 33.8 Å². The molecule has 0 aliphatic heterocycles. The fourth-order valence-electron chi connectivity index (χ4n) is 10.1. The maximum absolute atomic E-state index is 5.09. The summed E-state index contributed by atoms with van der Waals surface area (Å²) in [5, 5.41) is 0. The van der Waals surface area contributed by atoms with Gasteiger partial charge in [0.2, 0.25) is 0 Å². The molecule has 28 heavy (non-hydrogen) atoms. The average molecular weight is 397 g/mol. The van der Waals surface area contributed by atoms with Gasteiger partial charge >= 0.3 is 0 Å². The van der Waals surface area contributed by atoms with E-state index in [1.54, 1.807) is 0 Å². The molecular formula is C27H40S. The van der Waals surface area contributed by atoms with Crippen LogP contribution in [0.5, 0.6) is 0 Å². The Morgan fingerprint density at radius 3 is 2.75 bits per heavy atom. The first-order chi connectivity index (χ1) is 13.5. The van der Waals surface area contributed by atoms with E-state index in [-0.39, 0.29) is 0 Å². The maximum atomic E-state index is 5.09. The first-order valence-electron chi connectivity index (χ1n) is 12.5. The molecule has 1 heteroatoms. The largest absolute Gasteiger partial charge is 0.179 e. The van der Waals surface area contributed by atoms with Crippen LogP contribution in [0.4, 0.5) is 0 Å². The Morgan fingerprint density at radius 1 is 1.21 bits per heavy atom. The van der Waals surface area contributed by atoms with E-state index in [1.807, 2.05) is 16.7 Å². The van der Waals surface area contributed by atoms with Crippen LogP contribution in [0.1, 0.15) is 79.1 Å². The zero-order valence-corrected chi connectivity index (χ0v) is 19.4. The molecule has 3 fully saturated rings. The van der Waals surface area contributed by atoms with E-state index in [4.69, 9.17) is 12.6 Å². The third kappa shape index (κ3) is 1.89. The number of hydrogen-bond donors (Lipinski definition) is 1. The van der Waals surface area contributed by atoms with Crippen molar-refractivity contribution in [3.63, 3.8) is 0 Å². The lowest BCUT2D eigenvalue weighted by Gasteiger charge is -2.65. The summed E-state index contributed by atoms with van der Waals surface area (Å²) in [4.78, 5) is 0. The number of thiol groups is 1. The van der Waals surface area contributed by atoms with Gasteiger partial charge in [-0.25, -0.2) is 0 Å². The molecule has 0 N–H and O–H groups in total. The van der Waals surface area contributed by atoms with Crippen molar-refractivity contribution < 1.29 is 0 Å². The van der Waals surface area contributed by atoms with Crippen LogP contribution in [0, 0.1) is 58.2 Å². The van der Waals surface area contributed by atoms with Gasteiger partial charge in [-0.15, -0.1) is 0 Å². The Kier molecular flexibility index (Phi) is 3.95. The van der Waals surface area contributed by atoms with Crippen molar-refractivity contribution in [3.8, 4) is 0 Å². The molecule has 10 unspecified atom stereocenters. The van der Waals surface area contributed by atoms with Gasteiger partial charge in [0.15, 0.2) is 0 Å². The van der Waals surface area contributed by atoms with Crippen LogP contribution in [0.25, 0.3) is 0 Å². The van der Waals surface area contributed by atoms with E-state index < -0.39 is 0 Å². The zero-order chi connectivity index (χ0) is 19.4. The average Bonchev–Trinajstić information content (AvgIpc) is 3.12. The second-order valence-corrected chi connectivity index (χ2v) is 12.3. The predicted molar refractivity (Wildman–Crippen MR) is 121 cm³/mol. The molecule has 0 heterocycles. The van der Waals surface area contributed by atoms with Gasteiger partial charge in [-0.05, 0) is 114 Å². The van der Waals surface area contributed by atoms with Gasteiger partial charge in [0.1, 0.15) is 0 Å². The molecule has 0 spiro atoms. The second kappa shape index (κ2) is 5.95. The third-order valence-electron chi connectivity index (χ3n) is 11.6. The molecule has 0 nitrogen and oxygen atoms in total. The molecule has 6 rings (SSSR count). The Bertz CT molecular complexity index is 760. The minimum Gasteiger partial charge on any atom is -0.179 e. The van der Waals surface area contributed by atoms with E-state index in [0.29, 0.717) is 10.8 Å². The van der Waals surface area contributed by atoms with Gasteiger partial charge in [-0.3, -0.25) is 0 Å². The minimum atomic E-state index is 0.524. The molecule has 10 atom stereocenters. The van der Waals surface area contributed by atoms with Crippen molar-refractivity contribution in [2.45, 2.75) is 79.1 Å². The van der Waals surface area contributed by atoms with E-state index in [0.717, 1.165) is 53.1 Å². The van der Waals surface area contributed by atoms with Crippen LogP contribution in [-0.4, -0.2) is 5.75 Å². The van der Waals surface area contributed by atoms with Crippen molar-refractivity contribution in [1.82, 2.24) is 0 Å². The minimum absolute atomic E-state index is 0.524. The summed E-state index contributed by atoms with van der Waals surface area (Å²) in [7, 11) is 0. The highest BCUT2D eigenvalue weighted by atomic mass is 32.1. The lowest BCUT2D eigenvalue weighted by atomic mass is 9.39. The van der Waals surface area contributed by atoms with E-state index in [1.165, 1.54) is 51.4 Å². The van der Waals surface area contributed by atoms with Crippen molar-refractivity contribution in [2.24, 2.45) is 58.2 Å². The normalized spacial score (nSPS) is 54.0. The van der Waals surface area contributed by atoms with Crippen molar-refractivity contribution >= 4 is 12.6 Å². The van der Waals surface area contributed by atoms with Crippen LogP contribution in [-0.2, 0) is 0 Å². The molecular weight excluding hydrogens is 356 g/mol. The van der Waals surface area contributed by atoms with Gasteiger partial charge in [0, 0.05) is 0 Å². The first-order valence-corrected chi connectivity index (χ1v) is 13.2. The summed E-state index contributed by atoms with van der Waals surface area (Å²) in [6, 6.07) is 0. The smallest absolute Gasteiger partial charge is 0.00325 e. The van der Waals surface area contributed by atoms with Crippen LogP contribution < -0.4 is 0 Å². The fraction of sp³-hybridized carbons (Fsp3) is 0.852. The molecule has 154 valence electrons. The molecule has 2 bridgehead atoms. The van der Waals surface area contributed by atoms with Crippen molar-refractivity contribution in [3.05, 3.63) is 22.8 Å². The molecule has 0 aromatic heterocycles.